The van der Waals surface area contributed by atoms with E-state index in [0.717, 1.165) is 5.56 Å². The summed E-state index contributed by atoms with van der Waals surface area (Å²) < 4.78 is 40.6. The largest absolute Gasteiger partial charge is 0.482 e. The van der Waals surface area contributed by atoms with E-state index in [1.54, 1.807) is 24.3 Å². The molecule has 8 heteroatoms. The van der Waals surface area contributed by atoms with Gasteiger partial charge < -0.3 is 22.9 Å². The molecule has 1 aromatic heterocycles. The van der Waals surface area contributed by atoms with Gasteiger partial charge in [0.05, 0.1) is 19.5 Å². The first-order valence-corrected chi connectivity index (χ1v) is 11.4. The molecule has 0 spiro atoms. The van der Waals surface area contributed by atoms with Crippen molar-refractivity contribution >= 4 is 13.6 Å². The monoisotopic (exact) mass is 436 g/mol. The number of esters is 1. The minimum absolute atomic E-state index is 0.0223. The van der Waals surface area contributed by atoms with E-state index in [9.17, 15) is 9.36 Å². The lowest BCUT2D eigenvalue weighted by Crippen LogP contribution is -2.31. The lowest BCUT2D eigenvalue weighted by Gasteiger charge is -2.36. The molecule has 1 aliphatic heterocycles. The molecule has 0 radical (unpaired) electrons. The zero-order valence-corrected chi connectivity index (χ0v) is 18.9. The Balaban J connectivity index is 1.65. The van der Waals surface area contributed by atoms with Gasteiger partial charge in [-0.2, -0.15) is 0 Å². The molecule has 0 amide bonds. The number of hydrogen-bond donors (Lipinski definition) is 0. The number of carbonyl (C=O) groups excluding carboxylic acids is 1. The van der Waals surface area contributed by atoms with Gasteiger partial charge >= 0.3 is 13.6 Å². The Morgan fingerprint density at radius 1 is 1.13 bits per heavy atom. The highest BCUT2D eigenvalue weighted by Gasteiger charge is 2.47. The van der Waals surface area contributed by atoms with E-state index in [-0.39, 0.29) is 36.4 Å². The van der Waals surface area contributed by atoms with Crippen LogP contribution < -0.4 is 4.74 Å². The second kappa shape index (κ2) is 8.58. The van der Waals surface area contributed by atoms with Gasteiger partial charge in [-0.15, -0.1) is 0 Å². The summed E-state index contributed by atoms with van der Waals surface area (Å²) in [5, 5.41) is 0. The Morgan fingerprint density at radius 2 is 1.77 bits per heavy atom. The van der Waals surface area contributed by atoms with Crippen molar-refractivity contribution in [3.05, 3.63) is 54.0 Å². The first-order valence-electron chi connectivity index (χ1n) is 9.84. The van der Waals surface area contributed by atoms with E-state index in [1.807, 2.05) is 26.0 Å². The molecule has 1 unspecified atom stereocenters. The molecule has 2 heterocycles. The molecule has 3 rings (SSSR count). The zero-order chi connectivity index (χ0) is 22.0. The fourth-order valence-electron chi connectivity index (χ4n) is 2.81. The summed E-state index contributed by atoms with van der Waals surface area (Å²) in [4.78, 5) is 12.4. The molecule has 164 valence electrons. The van der Waals surface area contributed by atoms with E-state index in [0.29, 0.717) is 5.75 Å². The van der Waals surface area contributed by atoms with Crippen molar-refractivity contribution in [1.82, 2.24) is 0 Å². The minimum Gasteiger partial charge on any atom is -0.482 e. The van der Waals surface area contributed by atoms with Gasteiger partial charge in [0.2, 0.25) is 0 Å². The maximum absolute atomic E-state index is 13.2. The van der Waals surface area contributed by atoms with E-state index < -0.39 is 19.4 Å². The fourth-order valence-corrected chi connectivity index (χ4v) is 4.92. The quantitative estimate of drug-likeness (QED) is 0.439. The number of benzene rings is 1. The van der Waals surface area contributed by atoms with Gasteiger partial charge in [-0.3, -0.25) is 4.57 Å². The lowest BCUT2D eigenvalue weighted by molar-refractivity contribution is -0.150. The molecular formula is C22H29O7P. The normalized spacial score (nSPS) is 19.1. The SMILES string of the molecule is CC1(C)COP(=O)(C(OC(=O)COc2ccc(C(C)(C)C)cc2)c2ccco2)OC1. The van der Waals surface area contributed by atoms with E-state index >= 15 is 0 Å². The van der Waals surface area contributed by atoms with Crippen molar-refractivity contribution in [1.29, 1.82) is 0 Å². The van der Waals surface area contributed by atoms with Crippen molar-refractivity contribution in [2.75, 3.05) is 19.8 Å². The Kier molecular flexibility index (Phi) is 6.46. The van der Waals surface area contributed by atoms with Crippen LogP contribution in [0, 0.1) is 5.41 Å². The molecule has 1 aromatic carbocycles. The van der Waals surface area contributed by atoms with Crippen LogP contribution in [-0.4, -0.2) is 25.8 Å². The van der Waals surface area contributed by atoms with Crippen LogP contribution in [-0.2, 0) is 28.6 Å². The first-order chi connectivity index (χ1) is 14.0. The number of hydrogen-bond acceptors (Lipinski definition) is 7. The summed E-state index contributed by atoms with van der Waals surface area (Å²) in [6.07, 6.45) is 1.41. The third-order valence-electron chi connectivity index (χ3n) is 4.66. The summed E-state index contributed by atoms with van der Waals surface area (Å²) in [5.74, 6) is -1.26. The topological polar surface area (TPSA) is 84.2 Å². The lowest BCUT2D eigenvalue weighted by atomic mass is 9.87. The molecule has 0 aliphatic carbocycles. The van der Waals surface area contributed by atoms with Gasteiger partial charge in [0.1, 0.15) is 5.75 Å². The molecule has 7 nitrogen and oxygen atoms in total. The maximum Gasteiger partial charge on any atom is 0.378 e. The summed E-state index contributed by atoms with van der Waals surface area (Å²) in [6.45, 7) is 10.3. The molecule has 2 aromatic rings. The third kappa shape index (κ3) is 5.54. The average molecular weight is 436 g/mol. The van der Waals surface area contributed by atoms with Crippen LogP contribution in [0.2, 0.25) is 0 Å². The van der Waals surface area contributed by atoms with Crippen LogP contribution in [0.1, 0.15) is 51.8 Å². The second-order valence-electron chi connectivity index (χ2n) is 9.17. The van der Waals surface area contributed by atoms with Crippen molar-refractivity contribution in [3.8, 4) is 5.75 Å². The minimum atomic E-state index is -3.76. The van der Waals surface area contributed by atoms with Gasteiger partial charge in [-0.1, -0.05) is 46.8 Å². The molecule has 1 fully saturated rings. The van der Waals surface area contributed by atoms with Crippen LogP contribution in [0.15, 0.2) is 47.1 Å². The Labute approximate surface area is 177 Å². The van der Waals surface area contributed by atoms with Crippen molar-refractivity contribution in [2.24, 2.45) is 5.41 Å². The fraction of sp³-hybridized carbons (Fsp3) is 0.500. The van der Waals surface area contributed by atoms with Crippen LogP contribution in [0.25, 0.3) is 0 Å². The van der Waals surface area contributed by atoms with E-state index in [4.69, 9.17) is 22.9 Å². The molecule has 30 heavy (non-hydrogen) atoms. The van der Waals surface area contributed by atoms with Crippen molar-refractivity contribution in [2.45, 2.75) is 45.9 Å². The molecule has 0 bridgehead atoms. The Hall–Kier alpha value is -2.08. The number of rotatable bonds is 6. The van der Waals surface area contributed by atoms with Crippen LogP contribution in [0.5, 0.6) is 5.75 Å². The van der Waals surface area contributed by atoms with Crippen LogP contribution >= 0.6 is 7.60 Å². The van der Waals surface area contributed by atoms with Crippen molar-refractivity contribution in [3.63, 3.8) is 0 Å². The molecule has 0 N–H and O–H groups in total. The molecular weight excluding hydrogens is 407 g/mol. The van der Waals surface area contributed by atoms with E-state index in [1.165, 1.54) is 6.26 Å². The molecule has 0 saturated carbocycles. The highest BCUT2D eigenvalue weighted by atomic mass is 31.2. The smallest absolute Gasteiger partial charge is 0.378 e. The van der Waals surface area contributed by atoms with Crippen LogP contribution in [0.3, 0.4) is 0 Å². The Morgan fingerprint density at radius 3 is 2.30 bits per heavy atom. The average Bonchev–Trinajstić information content (AvgIpc) is 3.21. The van der Waals surface area contributed by atoms with Crippen LogP contribution in [0.4, 0.5) is 0 Å². The maximum atomic E-state index is 13.2. The predicted octanol–water partition coefficient (Wildman–Crippen LogP) is 5.46. The zero-order valence-electron chi connectivity index (χ0n) is 18.0. The van der Waals surface area contributed by atoms with Gasteiger partial charge in [0.15, 0.2) is 12.4 Å². The summed E-state index contributed by atoms with van der Waals surface area (Å²) >= 11 is 0. The van der Waals surface area contributed by atoms with E-state index in [2.05, 4.69) is 20.8 Å². The Bertz CT molecular complexity index is 881. The van der Waals surface area contributed by atoms with Gasteiger partial charge in [0.25, 0.3) is 5.85 Å². The summed E-state index contributed by atoms with van der Waals surface area (Å²) in [6, 6.07) is 10.7. The number of carbonyl (C=O) groups is 1. The number of furan rings is 1. The molecule has 1 aliphatic rings. The number of ether oxygens (including phenoxy) is 2. The highest BCUT2D eigenvalue weighted by molar-refractivity contribution is 7.54. The standard InChI is InChI=1S/C22H29O7P/c1-21(2,3)16-8-10-17(11-9-16)26-13-19(23)29-20(18-7-6-12-25-18)30(24)27-14-22(4,5)15-28-30/h6-12,20H,13-15H2,1-5H3. The third-order valence-corrected chi connectivity index (χ3v) is 6.58. The first kappa shape index (κ1) is 22.6. The summed E-state index contributed by atoms with van der Waals surface area (Å²) in [7, 11) is -3.76. The predicted molar refractivity (Wildman–Crippen MR) is 111 cm³/mol. The second-order valence-corrected chi connectivity index (χ2v) is 11.2. The van der Waals surface area contributed by atoms with Crippen molar-refractivity contribution < 1.29 is 32.3 Å². The summed E-state index contributed by atoms with van der Waals surface area (Å²) in [5.41, 5.74) is 0.894. The van der Waals surface area contributed by atoms with Gasteiger partial charge in [-0.05, 0) is 35.2 Å². The molecule has 1 atom stereocenters. The highest BCUT2D eigenvalue weighted by Crippen LogP contribution is 2.64. The molecule has 1 saturated heterocycles. The van der Waals surface area contributed by atoms with Gasteiger partial charge in [-0.25, -0.2) is 4.79 Å². The van der Waals surface area contributed by atoms with Gasteiger partial charge in [0, 0.05) is 5.41 Å².